The lowest BCUT2D eigenvalue weighted by Crippen LogP contribution is -2.14. The van der Waals surface area contributed by atoms with Crippen LogP contribution in [0.5, 0.6) is 0 Å². The van der Waals surface area contributed by atoms with Gasteiger partial charge in [0.05, 0.1) is 19.7 Å². The standard InChI is InChI=1S/C13H11BrN2O3S/c1-19-12(18)10-7-15-13(20-10)16-11(17)6-8-2-4-9(14)5-3-8/h2-5,7H,6H2,1H3,(H,15,16,17). The second-order valence-electron chi connectivity index (χ2n) is 3.87. The van der Waals surface area contributed by atoms with Gasteiger partial charge in [0.2, 0.25) is 5.91 Å². The van der Waals surface area contributed by atoms with Gasteiger partial charge in [-0.1, -0.05) is 39.4 Å². The van der Waals surface area contributed by atoms with E-state index in [1.807, 2.05) is 24.3 Å². The molecule has 1 N–H and O–H groups in total. The first kappa shape index (κ1) is 14.7. The first-order chi connectivity index (χ1) is 9.58. The van der Waals surface area contributed by atoms with Crippen LogP contribution >= 0.6 is 27.3 Å². The maximum absolute atomic E-state index is 11.8. The van der Waals surface area contributed by atoms with Gasteiger partial charge in [-0.15, -0.1) is 0 Å². The molecule has 1 heterocycles. The minimum atomic E-state index is -0.462. The third kappa shape index (κ3) is 3.88. The minimum absolute atomic E-state index is 0.182. The predicted molar refractivity (Wildman–Crippen MR) is 79.9 cm³/mol. The molecule has 2 aromatic rings. The molecule has 1 aromatic carbocycles. The highest BCUT2D eigenvalue weighted by molar-refractivity contribution is 9.10. The molecule has 20 heavy (non-hydrogen) atoms. The molecular formula is C13H11BrN2O3S. The number of halogens is 1. The van der Waals surface area contributed by atoms with Crippen LogP contribution < -0.4 is 5.32 Å². The molecule has 0 bridgehead atoms. The number of carbonyl (C=O) groups is 2. The highest BCUT2D eigenvalue weighted by atomic mass is 79.9. The smallest absolute Gasteiger partial charge is 0.349 e. The summed E-state index contributed by atoms with van der Waals surface area (Å²) in [6, 6.07) is 7.49. The molecule has 0 radical (unpaired) electrons. The summed E-state index contributed by atoms with van der Waals surface area (Å²) in [7, 11) is 1.30. The van der Waals surface area contributed by atoms with Gasteiger partial charge < -0.3 is 10.1 Å². The summed E-state index contributed by atoms with van der Waals surface area (Å²) in [6.45, 7) is 0. The van der Waals surface area contributed by atoms with Gasteiger partial charge in [-0.2, -0.15) is 0 Å². The lowest BCUT2D eigenvalue weighted by atomic mass is 10.1. The van der Waals surface area contributed by atoms with Crippen molar-refractivity contribution in [3.63, 3.8) is 0 Å². The van der Waals surface area contributed by atoms with E-state index in [0.29, 0.717) is 10.0 Å². The number of methoxy groups -OCH3 is 1. The largest absolute Gasteiger partial charge is 0.465 e. The van der Waals surface area contributed by atoms with Gasteiger partial charge in [-0.25, -0.2) is 9.78 Å². The Morgan fingerprint density at radius 2 is 2.05 bits per heavy atom. The van der Waals surface area contributed by atoms with E-state index in [-0.39, 0.29) is 12.3 Å². The third-order valence-corrected chi connectivity index (χ3v) is 3.84. The number of amides is 1. The number of hydrogen-bond donors (Lipinski definition) is 1. The Balaban J connectivity index is 1.96. The Hall–Kier alpha value is -1.73. The summed E-state index contributed by atoms with van der Waals surface area (Å²) in [5.41, 5.74) is 0.899. The van der Waals surface area contributed by atoms with E-state index in [2.05, 4.69) is 31.0 Å². The van der Waals surface area contributed by atoms with Crippen LogP contribution in [0.3, 0.4) is 0 Å². The Labute approximate surface area is 128 Å². The molecule has 0 spiro atoms. The lowest BCUT2D eigenvalue weighted by Gasteiger charge is -2.02. The van der Waals surface area contributed by atoms with Crippen molar-refractivity contribution in [1.82, 2.24) is 4.98 Å². The number of hydrogen-bond acceptors (Lipinski definition) is 5. The number of aromatic nitrogens is 1. The number of ether oxygens (including phenoxy) is 1. The van der Waals surface area contributed by atoms with Gasteiger partial charge in [0.1, 0.15) is 4.88 Å². The Morgan fingerprint density at radius 1 is 1.35 bits per heavy atom. The first-order valence-electron chi connectivity index (χ1n) is 5.67. The van der Waals surface area contributed by atoms with E-state index in [1.165, 1.54) is 13.3 Å². The molecule has 0 saturated carbocycles. The molecule has 2 rings (SSSR count). The molecule has 0 aliphatic heterocycles. The maximum atomic E-state index is 11.8. The fourth-order valence-electron chi connectivity index (χ4n) is 1.48. The zero-order valence-corrected chi connectivity index (χ0v) is 13.0. The monoisotopic (exact) mass is 354 g/mol. The Kier molecular flexibility index (Phi) is 4.86. The van der Waals surface area contributed by atoms with Crippen molar-refractivity contribution in [2.75, 3.05) is 12.4 Å². The normalized spacial score (nSPS) is 10.1. The number of esters is 1. The van der Waals surface area contributed by atoms with E-state index in [1.54, 1.807) is 0 Å². The van der Waals surface area contributed by atoms with Crippen molar-refractivity contribution in [2.45, 2.75) is 6.42 Å². The average molecular weight is 355 g/mol. The van der Waals surface area contributed by atoms with Crippen LogP contribution in [0.2, 0.25) is 0 Å². The molecule has 0 atom stereocenters. The van der Waals surface area contributed by atoms with Crippen LogP contribution in [-0.2, 0) is 16.0 Å². The molecule has 104 valence electrons. The van der Waals surface area contributed by atoms with Gasteiger partial charge in [-0.05, 0) is 17.7 Å². The number of benzene rings is 1. The van der Waals surface area contributed by atoms with Crippen LogP contribution in [-0.4, -0.2) is 24.0 Å². The lowest BCUT2D eigenvalue weighted by molar-refractivity contribution is -0.115. The van der Waals surface area contributed by atoms with Crippen molar-refractivity contribution in [2.24, 2.45) is 0 Å². The highest BCUT2D eigenvalue weighted by Crippen LogP contribution is 2.19. The number of nitrogens with zero attached hydrogens (tertiary/aromatic N) is 1. The predicted octanol–water partition coefficient (Wildman–Crippen LogP) is 2.87. The van der Waals surface area contributed by atoms with E-state index < -0.39 is 5.97 Å². The summed E-state index contributed by atoms with van der Waals surface area (Å²) in [5.74, 6) is -0.644. The number of thiazole rings is 1. The molecule has 0 aliphatic rings. The van der Waals surface area contributed by atoms with Gasteiger partial charge in [0, 0.05) is 4.47 Å². The molecule has 1 amide bonds. The molecule has 7 heteroatoms. The van der Waals surface area contributed by atoms with Gasteiger partial charge in [0.25, 0.3) is 0 Å². The molecule has 5 nitrogen and oxygen atoms in total. The number of nitrogens with one attached hydrogen (secondary N) is 1. The topological polar surface area (TPSA) is 68.3 Å². The fraction of sp³-hybridized carbons (Fsp3) is 0.154. The molecule has 0 unspecified atom stereocenters. The van der Waals surface area contributed by atoms with Crippen molar-refractivity contribution in [3.05, 3.63) is 45.4 Å². The second kappa shape index (κ2) is 6.62. The summed E-state index contributed by atoms with van der Waals surface area (Å²) in [6.07, 6.45) is 1.63. The third-order valence-electron chi connectivity index (χ3n) is 2.42. The number of anilines is 1. The molecule has 0 saturated heterocycles. The Morgan fingerprint density at radius 3 is 2.70 bits per heavy atom. The Bertz CT molecular complexity index is 625. The molecule has 0 fully saturated rings. The highest BCUT2D eigenvalue weighted by Gasteiger charge is 2.12. The summed E-state index contributed by atoms with van der Waals surface area (Å²) < 4.78 is 5.54. The minimum Gasteiger partial charge on any atom is -0.465 e. The number of carbonyl (C=O) groups excluding carboxylic acids is 2. The van der Waals surface area contributed by atoms with E-state index >= 15 is 0 Å². The summed E-state index contributed by atoms with van der Waals surface area (Å²) >= 11 is 4.42. The van der Waals surface area contributed by atoms with E-state index in [9.17, 15) is 9.59 Å². The fourth-order valence-corrected chi connectivity index (χ4v) is 2.49. The molecular weight excluding hydrogens is 344 g/mol. The average Bonchev–Trinajstić information content (AvgIpc) is 2.89. The second-order valence-corrected chi connectivity index (χ2v) is 5.82. The van der Waals surface area contributed by atoms with Crippen molar-refractivity contribution in [1.29, 1.82) is 0 Å². The van der Waals surface area contributed by atoms with Gasteiger partial charge in [0.15, 0.2) is 5.13 Å². The zero-order chi connectivity index (χ0) is 14.5. The number of rotatable bonds is 4. The SMILES string of the molecule is COC(=O)c1cnc(NC(=O)Cc2ccc(Br)cc2)s1. The summed E-state index contributed by atoms with van der Waals surface area (Å²) in [5, 5.41) is 3.04. The van der Waals surface area contributed by atoms with Crippen LogP contribution in [0.4, 0.5) is 5.13 Å². The van der Waals surface area contributed by atoms with Crippen LogP contribution in [0.25, 0.3) is 0 Å². The van der Waals surface area contributed by atoms with Crippen LogP contribution in [0, 0.1) is 0 Å². The first-order valence-corrected chi connectivity index (χ1v) is 7.28. The maximum Gasteiger partial charge on any atom is 0.349 e. The molecule has 1 aromatic heterocycles. The van der Waals surface area contributed by atoms with Crippen LogP contribution in [0.15, 0.2) is 34.9 Å². The van der Waals surface area contributed by atoms with Crippen molar-refractivity contribution >= 4 is 44.3 Å². The van der Waals surface area contributed by atoms with Crippen molar-refractivity contribution < 1.29 is 14.3 Å². The van der Waals surface area contributed by atoms with Gasteiger partial charge >= 0.3 is 5.97 Å². The van der Waals surface area contributed by atoms with Crippen LogP contribution in [0.1, 0.15) is 15.2 Å². The van der Waals surface area contributed by atoms with Gasteiger partial charge in [-0.3, -0.25) is 4.79 Å². The molecule has 0 aliphatic carbocycles. The quantitative estimate of drug-likeness (QED) is 0.857. The zero-order valence-electron chi connectivity index (χ0n) is 10.6. The van der Waals surface area contributed by atoms with E-state index in [0.717, 1.165) is 21.4 Å². The summed E-state index contributed by atoms with van der Waals surface area (Å²) in [4.78, 5) is 27.4. The van der Waals surface area contributed by atoms with E-state index in [4.69, 9.17) is 0 Å². The van der Waals surface area contributed by atoms with Crippen molar-refractivity contribution in [3.8, 4) is 0 Å².